The second-order valence-corrected chi connectivity index (χ2v) is 7.83. The standard InChI is InChI=1S/C21H21Cl2N3.ClH/c1-25-12-15(11-14-7-3-5-9-18(14)22)20-17(13-25)21(26(2)24-20)16-8-4-6-10-19(16)23;/h3-11,17,21H,12-13H2,1-2H3;1H/b15-11+;. The molecule has 0 saturated carbocycles. The molecule has 2 atom stereocenters. The summed E-state index contributed by atoms with van der Waals surface area (Å²) in [4.78, 5) is 2.34. The van der Waals surface area contributed by atoms with Crippen molar-refractivity contribution in [2.45, 2.75) is 6.04 Å². The smallest absolute Gasteiger partial charge is 0.0827 e. The molecule has 0 aromatic heterocycles. The first-order chi connectivity index (χ1) is 12.5. The van der Waals surface area contributed by atoms with Crippen LogP contribution in [0.25, 0.3) is 6.08 Å². The third-order valence-electron chi connectivity index (χ3n) is 5.14. The molecule has 2 unspecified atom stereocenters. The molecule has 0 aliphatic carbocycles. The lowest BCUT2D eigenvalue weighted by molar-refractivity contribution is 0.211. The zero-order chi connectivity index (χ0) is 18.3. The first-order valence-electron chi connectivity index (χ1n) is 8.74. The average molecular weight is 423 g/mol. The summed E-state index contributed by atoms with van der Waals surface area (Å²) in [5, 5.41) is 8.52. The summed E-state index contributed by atoms with van der Waals surface area (Å²) in [5.74, 6) is 0.285. The third-order valence-corrected chi connectivity index (χ3v) is 5.83. The van der Waals surface area contributed by atoms with Crippen LogP contribution in [0.15, 0.2) is 59.2 Å². The van der Waals surface area contributed by atoms with Crippen LogP contribution < -0.4 is 0 Å². The van der Waals surface area contributed by atoms with Crippen LogP contribution in [0, 0.1) is 5.92 Å². The molecule has 2 aromatic rings. The molecule has 2 aliphatic heterocycles. The van der Waals surface area contributed by atoms with Gasteiger partial charge >= 0.3 is 0 Å². The number of nitrogens with zero attached hydrogens (tertiary/aromatic N) is 3. The second kappa shape index (κ2) is 8.24. The van der Waals surface area contributed by atoms with Crippen molar-refractivity contribution in [3.63, 3.8) is 0 Å². The maximum absolute atomic E-state index is 6.50. The number of benzene rings is 2. The molecule has 0 bridgehead atoms. The molecule has 2 aliphatic rings. The van der Waals surface area contributed by atoms with Gasteiger partial charge in [0.2, 0.25) is 0 Å². The molecule has 1 fully saturated rings. The summed E-state index contributed by atoms with van der Waals surface area (Å²) in [5.41, 5.74) is 4.53. The Labute approximate surface area is 176 Å². The summed E-state index contributed by atoms with van der Waals surface area (Å²) < 4.78 is 0. The van der Waals surface area contributed by atoms with Gasteiger partial charge in [-0.1, -0.05) is 59.6 Å². The Morgan fingerprint density at radius 1 is 1.00 bits per heavy atom. The van der Waals surface area contributed by atoms with Gasteiger partial charge in [0.25, 0.3) is 0 Å². The molecule has 1 saturated heterocycles. The van der Waals surface area contributed by atoms with E-state index in [2.05, 4.69) is 29.1 Å². The van der Waals surface area contributed by atoms with Gasteiger partial charge < -0.3 is 4.90 Å². The molecule has 3 nitrogen and oxygen atoms in total. The van der Waals surface area contributed by atoms with E-state index in [0.717, 1.165) is 40.0 Å². The fraction of sp³-hybridized carbons (Fsp3) is 0.286. The number of hydrogen-bond acceptors (Lipinski definition) is 3. The van der Waals surface area contributed by atoms with Gasteiger partial charge in [0.15, 0.2) is 0 Å². The predicted molar refractivity (Wildman–Crippen MR) is 117 cm³/mol. The van der Waals surface area contributed by atoms with Crippen LogP contribution in [0.4, 0.5) is 0 Å². The van der Waals surface area contributed by atoms with Crippen LogP contribution in [0.5, 0.6) is 0 Å². The monoisotopic (exact) mass is 421 g/mol. The lowest BCUT2D eigenvalue weighted by Gasteiger charge is -2.34. The molecule has 0 spiro atoms. The number of halogens is 3. The molecule has 0 amide bonds. The largest absolute Gasteiger partial charge is 0.301 e. The van der Waals surface area contributed by atoms with E-state index >= 15 is 0 Å². The van der Waals surface area contributed by atoms with Crippen molar-refractivity contribution >= 4 is 47.4 Å². The van der Waals surface area contributed by atoms with E-state index in [-0.39, 0.29) is 24.4 Å². The van der Waals surface area contributed by atoms with E-state index in [1.807, 2.05) is 49.5 Å². The van der Waals surface area contributed by atoms with Crippen LogP contribution in [-0.4, -0.2) is 42.8 Å². The molecular weight excluding hydrogens is 401 g/mol. The quantitative estimate of drug-likeness (QED) is 0.645. The summed E-state index contributed by atoms with van der Waals surface area (Å²) in [6.07, 6.45) is 2.17. The summed E-state index contributed by atoms with van der Waals surface area (Å²) in [6.45, 7) is 1.82. The SMILES string of the molecule is CN1C/C(=C\c2ccccc2Cl)C2=NN(C)C(c3ccccc3Cl)C2C1.Cl. The summed E-state index contributed by atoms with van der Waals surface area (Å²) in [6, 6.07) is 16.2. The fourth-order valence-corrected chi connectivity index (χ4v) is 4.45. The van der Waals surface area contributed by atoms with E-state index in [4.69, 9.17) is 28.3 Å². The number of fused-ring (bicyclic) bond motifs is 1. The number of hydrogen-bond donors (Lipinski definition) is 0. The average Bonchev–Trinajstić information content (AvgIpc) is 2.93. The van der Waals surface area contributed by atoms with Crippen LogP contribution in [0.1, 0.15) is 17.2 Å². The summed E-state index contributed by atoms with van der Waals surface area (Å²) in [7, 11) is 4.19. The molecule has 2 aromatic carbocycles. The van der Waals surface area contributed by atoms with E-state index in [1.54, 1.807) is 0 Å². The maximum Gasteiger partial charge on any atom is 0.0827 e. The van der Waals surface area contributed by atoms with Gasteiger partial charge in [0.1, 0.15) is 0 Å². The van der Waals surface area contributed by atoms with Crippen LogP contribution in [0.2, 0.25) is 10.0 Å². The van der Waals surface area contributed by atoms with Crippen molar-refractivity contribution in [1.82, 2.24) is 9.91 Å². The Morgan fingerprint density at radius 2 is 1.67 bits per heavy atom. The van der Waals surface area contributed by atoms with Crippen molar-refractivity contribution in [2.24, 2.45) is 11.0 Å². The lowest BCUT2D eigenvalue weighted by Crippen LogP contribution is -2.41. The first kappa shape index (κ1) is 20.2. The van der Waals surface area contributed by atoms with E-state index in [0.29, 0.717) is 0 Å². The van der Waals surface area contributed by atoms with Crippen LogP contribution in [-0.2, 0) is 0 Å². The highest BCUT2D eigenvalue weighted by molar-refractivity contribution is 6.32. The Balaban J connectivity index is 0.00000210. The van der Waals surface area contributed by atoms with E-state index < -0.39 is 0 Å². The molecule has 2 heterocycles. The third kappa shape index (κ3) is 3.88. The second-order valence-electron chi connectivity index (χ2n) is 7.02. The molecule has 4 rings (SSSR count). The Kier molecular flexibility index (Phi) is 6.17. The molecule has 0 N–H and O–H groups in total. The minimum Gasteiger partial charge on any atom is -0.301 e. The highest BCUT2D eigenvalue weighted by Gasteiger charge is 2.42. The Bertz CT molecular complexity index is 894. The highest BCUT2D eigenvalue weighted by atomic mass is 35.5. The highest BCUT2D eigenvalue weighted by Crippen LogP contribution is 2.41. The number of likely N-dealkylation sites (N-methyl/N-ethyl adjacent to an activating group) is 1. The van der Waals surface area contributed by atoms with Gasteiger partial charge in [-0.25, -0.2) is 0 Å². The number of rotatable bonds is 2. The van der Waals surface area contributed by atoms with Crippen molar-refractivity contribution in [2.75, 3.05) is 27.2 Å². The first-order valence-corrected chi connectivity index (χ1v) is 9.50. The van der Waals surface area contributed by atoms with Gasteiger partial charge in [0.05, 0.1) is 11.8 Å². The number of piperidine rings is 1. The molecule has 0 radical (unpaired) electrons. The Morgan fingerprint density at radius 3 is 2.37 bits per heavy atom. The van der Waals surface area contributed by atoms with E-state index in [9.17, 15) is 0 Å². The zero-order valence-corrected chi connectivity index (χ0v) is 17.6. The van der Waals surface area contributed by atoms with Crippen molar-refractivity contribution in [3.05, 3.63) is 75.3 Å². The number of likely N-dealkylation sites (tertiary alicyclic amines) is 1. The molecule has 6 heteroatoms. The maximum atomic E-state index is 6.50. The minimum absolute atomic E-state index is 0. The van der Waals surface area contributed by atoms with Gasteiger partial charge in [-0.05, 0) is 42.0 Å². The zero-order valence-electron chi connectivity index (χ0n) is 15.3. The van der Waals surface area contributed by atoms with Gasteiger partial charge in [-0.2, -0.15) is 5.10 Å². The van der Waals surface area contributed by atoms with E-state index in [1.165, 1.54) is 5.57 Å². The van der Waals surface area contributed by atoms with Crippen molar-refractivity contribution in [3.8, 4) is 0 Å². The molecule has 142 valence electrons. The molecule has 27 heavy (non-hydrogen) atoms. The van der Waals surface area contributed by atoms with Crippen molar-refractivity contribution in [1.29, 1.82) is 0 Å². The summed E-state index contributed by atoms with van der Waals surface area (Å²) >= 11 is 12.9. The fourth-order valence-electron chi connectivity index (χ4n) is 4.01. The lowest BCUT2D eigenvalue weighted by atomic mass is 9.83. The topological polar surface area (TPSA) is 18.8 Å². The minimum atomic E-state index is 0. The Hall–Kier alpha value is -1.52. The van der Waals surface area contributed by atoms with Crippen LogP contribution >= 0.6 is 35.6 Å². The molecular formula is C21H22Cl3N3. The van der Waals surface area contributed by atoms with Crippen LogP contribution in [0.3, 0.4) is 0 Å². The van der Waals surface area contributed by atoms with Gasteiger partial charge in [0, 0.05) is 36.1 Å². The van der Waals surface area contributed by atoms with Gasteiger partial charge in [-0.15, -0.1) is 12.4 Å². The van der Waals surface area contributed by atoms with Gasteiger partial charge in [-0.3, -0.25) is 5.01 Å². The number of hydrazone groups is 1. The van der Waals surface area contributed by atoms with Crippen molar-refractivity contribution < 1.29 is 0 Å². The predicted octanol–water partition coefficient (Wildman–Crippen LogP) is 5.40. The normalized spacial score (nSPS) is 23.8.